The van der Waals surface area contributed by atoms with Crippen molar-refractivity contribution in [2.75, 3.05) is 13.7 Å². The highest BCUT2D eigenvalue weighted by molar-refractivity contribution is 9.10. The van der Waals surface area contributed by atoms with Crippen LogP contribution < -0.4 is 10.1 Å². The van der Waals surface area contributed by atoms with Crippen molar-refractivity contribution in [2.24, 2.45) is 0 Å². The van der Waals surface area contributed by atoms with Crippen LogP contribution in [0.15, 0.2) is 47.1 Å². The van der Waals surface area contributed by atoms with Crippen molar-refractivity contribution in [1.29, 1.82) is 0 Å². The van der Waals surface area contributed by atoms with E-state index in [1.165, 1.54) is 5.56 Å². The van der Waals surface area contributed by atoms with Gasteiger partial charge >= 0.3 is 0 Å². The molecule has 2 aromatic rings. The number of ether oxygens (including phenoxy) is 1. The first-order valence-corrected chi connectivity index (χ1v) is 7.53. The van der Waals surface area contributed by atoms with Gasteiger partial charge < -0.3 is 10.1 Å². The Morgan fingerprint density at radius 2 is 2.15 bits per heavy atom. The lowest BCUT2D eigenvalue weighted by Gasteiger charge is -2.20. The Bertz CT molecular complexity index is 560. The van der Waals surface area contributed by atoms with Crippen molar-refractivity contribution in [3.8, 4) is 5.75 Å². The fourth-order valence-corrected chi connectivity index (χ4v) is 2.56. The summed E-state index contributed by atoms with van der Waals surface area (Å²) < 4.78 is 6.51. The van der Waals surface area contributed by atoms with E-state index in [1.807, 2.05) is 24.3 Å². The highest BCUT2D eigenvalue weighted by atomic mass is 79.9. The lowest BCUT2D eigenvalue weighted by Crippen LogP contribution is -2.24. The van der Waals surface area contributed by atoms with Crippen LogP contribution in [0.4, 0.5) is 0 Å². The average molecular weight is 335 g/mol. The number of rotatable bonds is 6. The van der Waals surface area contributed by atoms with Crippen LogP contribution >= 0.6 is 15.9 Å². The Hall–Kier alpha value is -1.39. The number of aromatic nitrogens is 1. The molecular weight excluding hydrogens is 316 g/mol. The molecule has 0 radical (unpaired) electrons. The summed E-state index contributed by atoms with van der Waals surface area (Å²) in [6.45, 7) is 3.08. The normalized spacial score (nSPS) is 12.2. The second-order valence-corrected chi connectivity index (χ2v) is 5.45. The number of pyridine rings is 1. The van der Waals surface area contributed by atoms with E-state index in [1.54, 1.807) is 13.3 Å². The third-order valence-corrected chi connectivity index (χ3v) is 3.57. The molecule has 0 fully saturated rings. The zero-order chi connectivity index (χ0) is 14.4. The molecule has 0 amide bonds. The molecule has 3 nitrogen and oxygen atoms in total. The molecule has 0 aliphatic carbocycles. The third-order valence-electron chi connectivity index (χ3n) is 3.07. The molecule has 106 valence electrons. The van der Waals surface area contributed by atoms with Crippen LogP contribution in [0.25, 0.3) is 0 Å². The molecule has 0 saturated carbocycles. The largest absolute Gasteiger partial charge is 0.495 e. The molecular formula is C16H19BrN2O. The topological polar surface area (TPSA) is 34.2 Å². The molecule has 0 spiro atoms. The molecule has 1 N–H and O–H groups in total. The Morgan fingerprint density at radius 1 is 1.30 bits per heavy atom. The van der Waals surface area contributed by atoms with Gasteiger partial charge in [-0.1, -0.05) is 35.0 Å². The fourth-order valence-electron chi connectivity index (χ4n) is 2.14. The zero-order valence-corrected chi connectivity index (χ0v) is 13.4. The molecule has 1 atom stereocenters. The van der Waals surface area contributed by atoms with Gasteiger partial charge in [-0.2, -0.15) is 0 Å². The van der Waals surface area contributed by atoms with Crippen molar-refractivity contribution in [3.05, 3.63) is 58.3 Å². The summed E-state index contributed by atoms with van der Waals surface area (Å²) in [7, 11) is 1.68. The lowest BCUT2D eigenvalue weighted by molar-refractivity contribution is 0.399. The minimum atomic E-state index is 0.0311. The molecule has 4 heteroatoms. The first-order chi connectivity index (χ1) is 9.76. The molecule has 2 rings (SSSR count). The zero-order valence-electron chi connectivity index (χ0n) is 11.8. The third kappa shape index (κ3) is 3.58. The van der Waals surface area contributed by atoms with E-state index in [2.05, 4.69) is 45.3 Å². The van der Waals surface area contributed by atoms with Gasteiger partial charge in [0.1, 0.15) is 11.4 Å². The van der Waals surface area contributed by atoms with Crippen LogP contribution in [-0.2, 0) is 0 Å². The van der Waals surface area contributed by atoms with Crippen LogP contribution in [-0.4, -0.2) is 18.6 Å². The number of nitrogens with one attached hydrogen (secondary N) is 1. The van der Waals surface area contributed by atoms with Crippen LogP contribution in [0, 0.1) is 0 Å². The number of halogens is 1. The quantitative estimate of drug-likeness (QED) is 0.868. The summed E-state index contributed by atoms with van der Waals surface area (Å²) >= 11 is 3.53. The van der Waals surface area contributed by atoms with E-state index in [9.17, 15) is 0 Å². The number of benzene rings is 1. The van der Waals surface area contributed by atoms with Gasteiger partial charge in [-0.15, -0.1) is 0 Å². The highest BCUT2D eigenvalue weighted by Gasteiger charge is 2.19. The van der Waals surface area contributed by atoms with Crippen molar-refractivity contribution >= 4 is 15.9 Å². The van der Waals surface area contributed by atoms with Crippen molar-refractivity contribution < 1.29 is 4.74 Å². The summed E-state index contributed by atoms with van der Waals surface area (Å²) in [5.74, 6) is 0.807. The standard InChI is InChI=1S/C16H19BrN2O/c1-3-9-18-15(12-6-4-7-13(17)11-12)16-14(20-2)8-5-10-19-16/h4-8,10-11,15,18H,3,9H2,1-2H3. The van der Waals surface area contributed by atoms with Gasteiger partial charge in [-0.05, 0) is 42.8 Å². The second-order valence-electron chi connectivity index (χ2n) is 4.53. The minimum absolute atomic E-state index is 0.0311. The SMILES string of the molecule is CCCNC(c1cccc(Br)c1)c1ncccc1OC. The molecule has 1 unspecified atom stereocenters. The van der Waals surface area contributed by atoms with Crippen LogP contribution in [0.3, 0.4) is 0 Å². The van der Waals surface area contributed by atoms with Gasteiger partial charge in [0, 0.05) is 10.7 Å². The first-order valence-electron chi connectivity index (χ1n) is 6.74. The van der Waals surface area contributed by atoms with E-state index >= 15 is 0 Å². The summed E-state index contributed by atoms with van der Waals surface area (Å²) in [6.07, 6.45) is 2.87. The predicted octanol–water partition coefficient (Wildman–Crippen LogP) is 3.94. The van der Waals surface area contributed by atoms with Gasteiger partial charge in [0.15, 0.2) is 0 Å². The molecule has 0 saturated heterocycles. The Morgan fingerprint density at radius 3 is 2.85 bits per heavy atom. The Balaban J connectivity index is 2.41. The van der Waals surface area contributed by atoms with Crippen LogP contribution in [0.1, 0.15) is 30.6 Å². The van der Waals surface area contributed by atoms with Crippen molar-refractivity contribution in [1.82, 2.24) is 10.3 Å². The summed E-state index contributed by atoms with van der Waals surface area (Å²) in [5, 5.41) is 3.54. The van der Waals surface area contributed by atoms with Gasteiger partial charge in [0.2, 0.25) is 0 Å². The molecule has 0 aliphatic heterocycles. The smallest absolute Gasteiger partial charge is 0.142 e. The maximum absolute atomic E-state index is 5.44. The predicted molar refractivity (Wildman–Crippen MR) is 85.1 cm³/mol. The second kappa shape index (κ2) is 7.41. The number of hydrogen-bond donors (Lipinski definition) is 1. The van der Waals surface area contributed by atoms with Gasteiger partial charge in [-0.3, -0.25) is 4.98 Å². The monoisotopic (exact) mass is 334 g/mol. The summed E-state index contributed by atoms with van der Waals surface area (Å²) in [5.41, 5.74) is 2.09. The minimum Gasteiger partial charge on any atom is -0.495 e. The van der Waals surface area contributed by atoms with Gasteiger partial charge in [0.25, 0.3) is 0 Å². The molecule has 1 aromatic carbocycles. The number of nitrogens with zero attached hydrogens (tertiary/aromatic N) is 1. The molecule has 0 aliphatic rings. The van der Waals surface area contributed by atoms with E-state index in [4.69, 9.17) is 4.74 Å². The summed E-state index contributed by atoms with van der Waals surface area (Å²) in [6, 6.07) is 12.1. The molecule has 1 aromatic heterocycles. The van der Waals surface area contributed by atoms with Crippen molar-refractivity contribution in [2.45, 2.75) is 19.4 Å². The lowest BCUT2D eigenvalue weighted by atomic mass is 10.0. The van der Waals surface area contributed by atoms with E-state index < -0.39 is 0 Å². The Kier molecular flexibility index (Phi) is 5.56. The maximum Gasteiger partial charge on any atom is 0.142 e. The highest BCUT2D eigenvalue weighted by Crippen LogP contribution is 2.29. The number of hydrogen-bond acceptors (Lipinski definition) is 3. The van der Waals surface area contributed by atoms with E-state index in [0.717, 1.165) is 28.9 Å². The average Bonchev–Trinajstić information content (AvgIpc) is 2.48. The Labute approximate surface area is 128 Å². The van der Waals surface area contributed by atoms with Crippen LogP contribution in [0.2, 0.25) is 0 Å². The van der Waals surface area contributed by atoms with Crippen LogP contribution in [0.5, 0.6) is 5.75 Å². The molecule has 1 heterocycles. The van der Waals surface area contributed by atoms with E-state index in [-0.39, 0.29) is 6.04 Å². The first kappa shape index (κ1) is 15.0. The van der Waals surface area contributed by atoms with E-state index in [0.29, 0.717) is 0 Å². The van der Waals surface area contributed by atoms with Crippen molar-refractivity contribution in [3.63, 3.8) is 0 Å². The molecule has 0 bridgehead atoms. The summed E-state index contributed by atoms with van der Waals surface area (Å²) in [4.78, 5) is 4.51. The van der Waals surface area contributed by atoms with Gasteiger partial charge in [0.05, 0.1) is 13.2 Å². The van der Waals surface area contributed by atoms with Gasteiger partial charge in [-0.25, -0.2) is 0 Å². The maximum atomic E-state index is 5.44. The molecule has 20 heavy (non-hydrogen) atoms. The number of methoxy groups -OCH3 is 1. The fraction of sp³-hybridized carbons (Fsp3) is 0.312.